The zero-order valence-corrected chi connectivity index (χ0v) is 19.9. The molecule has 8 nitrogen and oxygen atoms in total. The van der Waals surface area contributed by atoms with Crippen molar-refractivity contribution in [1.29, 1.82) is 0 Å². The molecule has 0 spiro atoms. The quantitative estimate of drug-likeness (QED) is 0.457. The van der Waals surface area contributed by atoms with Crippen LogP contribution in [0.4, 0.5) is 4.79 Å². The van der Waals surface area contributed by atoms with Crippen LogP contribution in [0.2, 0.25) is 0 Å². The molecule has 2 aromatic carbocycles. The van der Waals surface area contributed by atoms with Gasteiger partial charge in [-0.25, -0.2) is 9.48 Å². The number of fused-ring (bicyclic) bond motifs is 3. The van der Waals surface area contributed by atoms with E-state index in [9.17, 15) is 9.59 Å². The standard InChI is InChI=1S/C27H27N5O3/c1-18-9-7-10-20(15-18)25-23-13-8-14-30(23)26-22(17-31(25)27(34)28-16-24(33)35-3)19(2)29-32(26)21-11-5-4-6-12-21/h4-15,25H,16-17H2,1-3H3,(H,28,34)/t25-/m1/s1. The third-order valence-corrected chi connectivity index (χ3v) is 6.32. The number of carbonyl (C=O) groups excluding carboxylic acids is 2. The Hall–Kier alpha value is -4.33. The summed E-state index contributed by atoms with van der Waals surface area (Å²) in [4.78, 5) is 27.1. The summed E-state index contributed by atoms with van der Waals surface area (Å²) in [5.41, 5.74) is 5.73. The number of aromatic nitrogens is 3. The van der Waals surface area contributed by atoms with Crippen molar-refractivity contribution in [2.45, 2.75) is 26.4 Å². The number of benzene rings is 2. The highest BCUT2D eigenvalue weighted by Gasteiger charge is 2.36. The minimum absolute atomic E-state index is 0.206. The van der Waals surface area contributed by atoms with Gasteiger partial charge >= 0.3 is 12.0 Å². The Balaban J connectivity index is 1.69. The molecule has 0 unspecified atom stereocenters. The molecule has 0 aliphatic carbocycles. The van der Waals surface area contributed by atoms with Crippen LogP contribution in [0.3, 0.4) is 0 Å². The number of nitrogens with zero attached hydrogens (tertiary/aromatic N) is 4. The Bertz CT molecular complexity index is 1390. The van der Waals surface area contributed by atoms with Gasteiger partial charge in [-0.2, -0.15) is 5.10 Å². The highest BCUT2D eigenvalue weighted by Crippen LogP contribution is 2.38. The first-order valence-electron chi connectivity index (χ1n) is 11.5. The zero-order valence-electron chi connectivity index (χ0n) is 19.9. The van der Waals surface area contributed by atoms with E-state index in [-0.39, 0.29) is 18.6 Å². The second kappa shape index (κ2) is 9.13. The van der Waals surface area contributed by atoms with E-state index in [4.69, 9.17) is 9.84 Å². The van der Waals surface area contributed by atoms with Crippen molar-refractivity contribution < 1.29 is 14.3 Å². The Morgan fingerprint density at radius 2 is 1.86 bits per heavy atom. The van der Waals surface area contributed by atoms with E-state index < -0.39 is 5.97 Å². The number of para-hydroxylation sites is 1. The Morgan fingerprint density at radius 3 is 2.60 bits per heavy atom. The van der Waals surface area contributed by atoms with E-state index in [2.05, 4.69) is 16.0 Å². The van der Waals surface area contributed by atoms with Crippen molar-refractivity contribution in [3.8, 4) is 11.5 Å². The molecule has 0 saturated heterocycles. The number of methoxy groups -OCH3 is 1. The number of carbonyl (C=O) groups is 2. The summed E-state index contributed by atoms with van der Waals surface area (Å²) in [7, 11) is 1.30. The van der Waals surface area contributed by atoms with Crippen LogP contribution in [0.5, 0.6) is 0 Å². The predicted molar refractivity (Wildman–Crippen MR) is 132 cm³/mol. The molecule has 1 aliphatic rings. The molecule has 3 heterocycles. The van der Waals surface area contributed by atoms with Crippen molar-refractivity contribution in [3.05, 3.63) is 101 Å². The summed E-state index contributed by atoms with van der Waals surface area (Å²) in [6.45, 7) is 4.11. The molecule has 0 fully saturated rings. The lowest BCUT2D eigenvalue weighted by Crippen LogP contribution is -2.44. The second-order valence-corrected chi connectivity index (χ2v) is 8.62. The van der Waals surface area contributed by atoms with Gasteiger partial charge in [0.25, 0.3) is 0 Å². The number of hydrogen-bond donors (Lipinski definition) is 1. The summed E-state index contributed by atoms with van der Waals surface area (Å²) < 4.78 is 8.76. The van der Waals surface area contributed by atoms with E-state index >= 15 is 0 Å². The maximum Gasteiger partial charge on any atom is 0.325 e. The van der Waals surface area contributed by atoms with Crippen LogP contribution in [0, 0.1) is 13.8 Å². The van der Waals surface area contributed by atoms with E-state index in [1.54, 1.807) is 4.90 Å². The predicted octanol–water partition coefficient (Wildman–Crippen LogP) is 4.07. The SMILES string of the molecule is COC(=O)CNC(=O)N1Cc2c(C)nn(-c3ccccc3)c2-n2cccc2[C@H]1c1cccc(C)c1. The number of esters is 1. The summed E-state index contributed by atoms with van der Waals surface area (Å²) in [5, 5.41) is 7.57. The number of amides is 2. The summed E-state index contributed by atoms with van der Waals surface area (Å²) in [5.74, 6) is 0.395. The fourth-order valence-electron chi connectivity index (χ4n) is 4.66. The molecule has 35 heavy (non-hydrogen) atoms. The van der Waals surface area contributed by atoms with Crippen LogP contribution in [-0.4, -0.2) is 44.9 Å². The van der Waals surface area contributed by atoms with Gasteiger partial charge in [-0.3, -0.25) is 4.79 Å². The third-order valence-electron chi connectivity index (χ3n) is 6.32. The number of urea groups is 1. The first-order chi connectivity index (χ1) is 17.0. The molecule has 0 saturated carbocycles. The molecule has 1 atom stereocenters. The van der Waals surface area contributed by atoms with Gasteiger partial charge in [0.2, 0.25) is 0 Å². The van der Waals surface area contributed by atoms with Crippen LogP contribution < -0.4 is 5.32 Å². The van der Waals surface area contributed by atoms with Crippen LogP contribution in [-0.2, 0) is 16.1 Å². The lowest BCUT2D eigenvalue weighted by molar-refractivity contribution is -0.139. The fourth-order valence-corrected chi connectivity index (χ4v) is 4.66. The molecule has 1 aliphatic heterocycles. The molecule has 5 rings (SSSR count). The molecule has 0 radical (unpaired) electrons. The van der Waals surface area contributed by atoms with Gasteiger partial charge in [-0.15, -0.1) is 0 Å². The lowest BCUT2D eigenvalue weighted by Gasteiger charge is -2.31. The maximum atomic E-state index is 13.5. The normalized spacial score (nSPS) is 14.6. The number of nitrogens with one attached hydrogen (secondary N) is 1. The molecule has 1 N–H and O–H groups in total. The topological polar surface area (TPSA) is 81.4 Å². The van der Waals surface area contributed by atoms with E-state index in [0.717, 1.165) is 39.6 Å². The van der Waals surface area contributed by atoms with E-state index in [1.807, 2.05) is 85.4 Å². The summed E-state index contributed by atoms with van der Waals surface area (Å²) in [6, 6.07) is 21.4. The number of hydrogen-bond acceptors (Lipinski definition) is 4. The van der Waals surface area contributed by atoms with E-state index in [1.165, 1.54) is 7.11 Å². The van der Waals surface area contributed by atoms with Gasteiger partial charge in [0.05, 0.1) is 36.8 Å². The van der Waals surface area contributed by atoms with Gasteiger partial charge in [0.15, 0.2) is 0 Å². The fraction of sp³-hybridized carbons (Fsp3) is 0.222. The van der Waals surface area contributed by atoms with Gasteiger partial charge in [0, 0.05) is 11.8 Å². The smallest absolute Gasteiger partial charge is 0.325 e. The van der Waals surface area contributed by atoms with Crippen molar-refractivity contribution in [1.82, 2.24) is 24.6 Å². The molecule has 178 valence electrons. The molecule has 0 bridgehead atoms. The van der Waals surface area contributed by atoms with Gasteiger partial charge in [-0.1, -0.05) is 48.0 Å². The Kier molecular flexibility index (Phi) is 5.86. The molecule has 2 amide bonds. The number of rotatable bonds is 4. The van der Waals surface area contributed by atoms with Crippen molar-refractivity contribution in [2.24, 2.45) is 0 Å². The summed E-state index contributed by atoms with van der Waals surface area (Å²) in [6.07, 6.45) is 2.01. The molecule has 8 heteroatoms. The minimum atomic E-state index is -0.502. The van der Waals surface area contributed by atoms with Gasteiger partial charge < -0.3 is 19.5 Å². The van der Waals surface area contributed by atoms with Crippen molar-refractivity contribution in [3.63, 3.8) is 0 Å². The zero-order chi connectivity index (χ0) is 24.5. The largest absolute Gasteiger partial charge is 0.468 e. The highest BCUT2D eigenvalue weighted by molar-refractivity contribution is 5.81. The van der Waals surface area contributed by atoms with Gasteiger partial charge in [-0.05, 0) is 43.7 Å². The highest BCUT2D eigenvalue weighted by atomic mass is 16.5. The van der Waals surface area contributed by atoms with Crippen molar-refractivity contribution >= 4 is 12.0 Å². The first-order valence-corrected chi connectivity index (χ1v) is 11.5. The van der Waals surface area contributed by atoms with Crippen LogP contribution >= 0.6 is 0 Å². The van der Waals surface area contributed by atoms with E-state index in [0.29, 0.717) is 6.54 Å². The Morgan fingerprint density at radius 1 is 1.06 bits per heavy atom. The number of ether oxygens (including phenoxy) is 1. The van der Waals surface area contributed by atoms with Crippen LogP contribution in [0.25, 0.3) is 11.5 Å². The second-order valence-electron chi connectivity index (χ2n) is 8.62. The molecular formula is C27H27N5O3. The average Bonchev–Trinajstić information content (AvgIpc) is 3.43. The monoisotopic (exact) mass is 469 g/mol. The Labute approximate surface area is 203 Å². The first kappa shape index (κ1) is 22.5. The minimum Gasteiger partial charge on any atom is -0.468 e. The number of aryl methyl sites for hydroxylation is 2. The maximum absolute atomic E-state index is 13.5. The molecule has 4 aromatic rings. The molecular weight excluding hydrogens is 442 g/mol. The van der Waals surface area contributed by atoms with Crippen molar-refractivity contribution in [2.75, 3.05) is 13.7 Å². The molecule has 2 aromatic heterocycles. The average molecular weight is 470 g/mol. The van der Waals surface area contributed by atoms with Crippen LogP contribution in [0.1, 0.15) is 34.1 Å². The van der Waals surface area contributed by atoms with Gasteiger partial charge in [0.1, 0.15) is 12.4 Å². The van der Waals surface area contributed by atoms with Crippen LogP contribution in [0.15, 0.2) is 72.9 Å². The summed E-state index contributed by atoms with van der Waals surface area (Å²) >= 11 is 0. The lowest BCUT2D eigenvalue weighted by atomic mass is 10.00. The third kappa shape index (κ3) is 4.07.